The maximum atomic E-state index is 13.1. The molecule has 0 bridgehead atoms. The van der Waals surface area contributed by atoms with Crippen LogP contribution in [0.5, 0.6) is 0 Å². The van der Waals surface area contributed by atoms with Crippen molar-refractivity contribution in [2.45, 2.75) is 4.90 Å². The number of hydrogen-bond donors (Lipinski definition) is 2. The van der Waals surface area contributed by atoms with E-state index in [4.69, 9.17) is 28.9 Å². The molecule has 0 aliphatic carbocycles. The van der Waals surface area contributed by atoms with Crippen LogP contribution in [0.3, 0.4) is 0 Å². The van der Waals surface area contributed by atoms with E-state index < -0.39 is 15.8 Å². The van der Waals surface area contributed by atoms with Crippen molar-refractivity contribution in [1.82, 2.24) is 0 Å². The molecule has 0 saturated carbocycles. The lowest BCUT2D eigenvalue weighted by Gasteiger charge is -2.11. The molecule has 2 aromatic rings. The molecule has 0 aliphatic heterocycles. The van der Waals surface area contributed by atoms with Crippen LogP contribution in [0, 0.1) is 5.82 Å². The van der Waals surface area contributed by atoms with Gasteiger partial charge in [0.25, 0.3) is 10.0 Å². The summed E-state index contributed by atoms with van der Waals surface area (Å²) in [5.74, 6) is -0.620. The predicted octanol–water partition coefficient (Wildman–Crippen LogP) is 3.52. The Labute approximate surface area is 125 Å². The molecule has 0 aromatic heterocycles. The summed E-state index contributed by atoms with van der Waals surface area (Å²) >= 11 is 11.6. The largest absolute Gasteiger partial charge is 0.399 e. The Bertz CT molecular complexity index is 766. The molecular formula is C12H9Cl2FN2O2S. The maximum Gasteiger partial charge on any atom is 0.263 e. The SMILES string of the molecule is Nc1ccc(Cl)c(S(=O)(=O)Nc2cc(F)ccc2Cl)c1. The predicted molar refractivity (Wildman–Crippen MR) is 78.1 cm³/mol. The van der Waals surface area contributed by atoms with E-state index in [1.54, 1.807) is 0 Å². The van der Waals surface area contributed by atoms with E-state index in [2.05, 4.69) is 4.72 Å². The van der Waals surface area contributed by atoms with Crippen LogP contribution in [0.25, 0.3) is 0 Å². The van der Waals surface area contributed by atoms with Crippen LogP contribution < -0.4 is 10.5 Å². The molecule has 106 valence electrons. The van der Waals surface area contributed by atoms with Gasteiger partial charge in [-0.3, -0.25) is 4.72 Å². The minimum absolute atomic E-state index is 0.000717. The third-order valence-electron chi connectivity index (χ3n) is 2.42. The van der Waals surface area contributed by atoms with Crippen LogP contribution in [-0.2, 0) is 10.0 Å². The monoisotopic (exact) mass is 334 g/mol. The van der Waals surface area contributed by atoms with Gasteiger partial charge in [0.15, 0.2) is 0 Å². The number of benzene rings is 2. The van der Waals surface area contributed by atoms with Gasteiger partial charge in [-0.05, 0) is 36.4 Å². The summed E-state index contributed by atoms with van der Waals surface area (Å²) < 4.78 is 39.7. The van der Waals surface area contributed by atoms with E-state index in [1.807, 2.05) is 0 Å². The van der Waals surface area contributed by atoms with Crippen molar-refractivity contribution in [3.05, 3.63) is 52.3 Å². The molecule has 20 heavy (non-hydrogen) atoms. The first-order valence-electron chi connectivity index (χ1n) is 5.32. The average molecular weight is 335 g/mol. The van der Waals surface area contributed by atoms with Gasteiger partial charge in [0.1, 0.15) is 10.7 Å². The van der Waals surface area contributed by atoms with Crippen LogP contribution in [-0.4, -0.2) is 8.42 Å². The van der Waals surface area contributed by atoms with Crippen LogP contribution in [0.4, 0.5) is 15.8 Å². The van der Waals surface area contributed by atoms with Crippen LogP contribution >= 0.6 is 23.2 Å². The van der Waals surface area contributed by atoms with E-state index in [0.29, 0.717) is 0 Å². The van der Waals surface area contributed by atoms with Crippen LogP contribution in [0.1, 0.15) is 0 Å². The highest BCUT2D eigenvalue weighted by molar-refractivity contribution is 7.92. The zero-order valence-corrected chi connectivity index (χ0v) is 12.2. The second kappa shape index (κ2) is 5.47. The van der Waals surface area contributed by atoms with E-state index in [-0.39, 0.29) is 26.3 Å². The minimum atomic E-state index is -4.02. The van der Waals surface area contributed by atoms with Crippen molar-refractivity contribution in [1.29, 1.82) is 0 Å². The van der Waals surface area contributed by atoms with Gasteiger partial charge in [-0.15, -0.1) is 0 Å². The quantitative estimate of drug-likeness (QED) is 0.843. The minimum Gasteiger partial charge on any atom is -0.399 e. The Balaban J connectivity index is 2.46. The molecule has 0 heterocycles. The molecule has 0 spiro atoms. The molecule has 8 heteroatoms. The fourth-order valence-corrected chi connectivity index (χ4v) is 3.33. The molecule has 0 saturated heterocycles. The summed E-state index contributed by atoms with van der Waals surface area (Å²) in [6.45, 7) is 0. The van der Waals surface area contributed by atoms with Crippen molar-refractivity contribution in [2.24, 2.45) is 0 Å². The van der Waals surface area contributed by atoms with Gasteiger partial charge in [0.05, 0.1) is 15.7 Å². The van der Waals surface area contributed by atoms with Crippen molar-refractivity contribution in [3.8, 4) is 0 Å². The molecule has 0 fully saturated rings. The third-order valence-corrected chi connectivity index (χ3v) is 4.59. The number of nitrogens with two attached hydrogens (primary N) is 1. The first-order chi connectivity index (χ1) is 9.29. The molecule has 0 atom stereocenters. The highest BCUT2D eigenvalue weighted by atomic mass is 35.5. The number of anilines is 2. The molecule has 2 rings (SSSR count). The van der Waals surface area contributed by atoms with Crippen molar-refractivity contribution in [2.75, 3.05) is 10.5 Å². The van der Waals surface area contributed by atoms with Crippen molar-refractivity contribution >= 4 is 44.6 Å². The lowest BCUT2D eigenvalue weighted by atomic mass is 10.3. The Morgan fingerprint density at radius 2 is 1.70 bits per heavy atom. The molecular weight excluding hydrogens is 326 g/mol. The summed E-state index contributed by atoms with van der Waals surface area (Å²) in [6.07, 6.45) is 0. The first kappa shape index (κ1) is 14.9. The Kier molecular flexibility index (Phi) is 4.08. The number of sulfonamides is 1. The fraction of sp³-hybridized carbons (Fsp3) is 0. The van der Waals surface area contributed by atoms with Crippen LogP contribution in [0.2, 0.25) is 10.0 Å². The van der Waals surface area contributed by atoms with Gasteiger partial charge in [-0.2, -0.15) is 0 Å². The normalized spacial score (nSPS) is 11.3. The lowest BCUT2D eigenvalue weighted by molar-refractivity contribution is 0.601. The average Bonchev–Trinajstić information content (AvgIpc) is 2.36. The molecule has 2 aromatic carbocycles. The van der Waals surface area contributed by atoms with Gasteiger partial charge >= 0.3 is 0 Å². The fourth-order valence-electron chi connectivity index (χ4n) is 1.50. The molecule has 3 N–H and O–H groups in total. The smallest absolute Gasteiger partial charge is 0.263 e. The van der Waals surface area contributed by atoms with E-state index in [0.717, 1.165) is 12.1 Å². The Morgan fingerprint density at radius 1 is 1.05 bits per heavy atom. The van der Waals surface area contributed by atoms with Crippen LogP contribution in [0.15, 0.2) is 41.3 Å². The summed E-state index contributed by atoms with van der Waals surface area (Å²) in [5.41, 5.74) is 5.69. The number of halogens is 3. The Morgan fingerprint density at radius 3 is 2.40 bits per heavy atom. The van der Waals surface area contributed by atoms with Gasteiger partial charge in [0.2, 0.25) is 0 Å². The first-order valence-corrected chi connectivity index (χ1v) is 7.56. The van der Waals surface area contributed by atoms with Gasteiger partial charge < -0.3 is 5.73 Å². The summed E-state index contributed by atoms with van der Waals surface area (Å²) in [7, 11) is -4.02. The van der Waals surface area contributed by atoms with E-state index >= 15 is 0 Å². The summed E-state index contributed by atoms with van der Waals surface area (Å²) in [4.78, 5) is -0.209. The number of nitrogen functional groups attached to an aromatic ring is 1. The second-order valence-electron chi connectivity index (χ2n) is 3.92. The summed E-state index contributed by atoms with van der Waals surface area (Å²) in [5, 5.41) is 0.0641. The molecule has 4 nitrogen and oxygen atoms in total. The second-order valence-corrected chi connectivity index (χ2v) is 6.38. The van der Waals surface area contributed by atoms with Crippen molar-refractivity contribution < 1.29 is 12.8 Å². The lowest BCUT2D eigenvalue weighted by Crippen LogP contribution is -2.14. The zero-order chi connectivity index (χ0) is 14.9. The molecule has 0 unspecified atom stereocenters. The summed E-state index contributed by atoms with van der Waals surface area (Å²) in [6, 6.07) is 7.37. The van der Waals surface area contributed by atoms with E-state index in [1.165, 1.54) is 24.3 Å². The van der Waals surface area contributed by atoms with Gasteiger partial charge in [-0.25, -0.2) is 12.8 Å². The Hall–Kier alpha value is -1.50. The number of nitrogens with one attached hydrogen (secondary N) is 1. The molecule has 0 radical (unpaired) electrons. The third kappa shape index (κ3) is 3.15. The van der Waals surface area contributed by atoms with Crippen molar-refractivity contribution in [3.63, 3.8) is 0 Å². The highest BCUT2D eigenvalue weighted by Gasteiger charge is 2.19. The standard InChI is InChI=1S/C12H9Cl2FN2O2S/c13-9-3-1-7(15)5-11(9)17-20(18,19)12-6-8(16)2-4-10(12)14/h1-6,17H,16H2. The number of rotatable bonds is 3. The van der Waals surface area contributed by atoms with Gasteiger partial charge in [0, 0.05) is 5.69 Å². The topological polar surface area (TPSA) is 72.2 Å². The maximum absolute atomic E-state index is 13.1. The zero-order valence-electron chi connectivity index (χ0n) is 9.90. The number of hydrogen-bond acceptors (Lipinski definition) is 3. The highest BCUT2D eigenvalue weighted by Crippen LogP contribution is 2.29. The van der Waals surface area contributed by atoms with E-state index in [9.17, 15) is 12.8 Å². The molecule has 0 aliphatic rings. The van der Waals surface area contributed by atoms with Gasteiger partial charge in [-0.1, -0.05) is 23.2 Å². The molecule has 0 amide bonds.